The first-order valence-electron chi connectivity index (χ1n) is 7.35. The minimum Gasteiger partial charge on any atom is -0.383 e. The summed E-state index contributed by atoms with van der Waals surface area (Å²) in [6, 6.07) is 8.18. The molecule has 1 aromatic carbocycles. The third-order valence-corrected chi connectivity index (χ3v) is 4.76. The molecule has 1 heterocycles. The molecule has 1 aliphatic heterocycles. The first kappa shape index (κ1) is 16.8. The quantitative estimate of drug-likeness (QED) is 0.777. The van der Waals surface area contributed by atoms with E-state index in [1.54, 1.807) is 23.8 Å². The molecular weight excluding hydrogens is 300 g/mol. The number of methoxy groups -OCH3 is 1. The zero-order valence-corrected chi connectivity index (χ0v) is 13.8. The van der Waals surface area contributed by atoms with E-state index in [-0.39, 0.29) is 17.2 Å². The van der Waals surface area contributed by atoms with E-state index in [1.807, 2.05) is 25.1 Å². The molecule has 1 aromatic rings. The van der Waals surface area contributed by atoms with Gasteiger partial charge in [-0.25, -0.2) is 0 Å². The lowest BCUT2D eigenvalue weighted by Crippen LogP contribution is -2.34. The van der Waals surface area contributed by atoms with Crippen LogP contribution in [0.5, 0.6) is 0 Å². The van der Waals surface area contributed by atoms with E-state index in [1.165, 1.54) is 5.56 Å². The normalized spacial score (nSPS) is 17.8. The monoisotopic (exact) mass is 322 g/mol. The van der Waals surface area contributed by atoms with Crippen molar-refractivity contribution in [2.24, 2.45) is 0 Å². The molecule has 0 bridgehead atoms. The molecule has 1 fully saturated rings. The van der Waals surface area contributed by atoms with Crippen molar-refractivity contribution in [3.05, 3.63) is 35.4 Å². The molecule has 0 spiro atoms. The molecular formula is C16H22N2O3S. The van der Waals surface area contributed by atoms with E-state index in [9.17, 15) is 9.59 Å². The van der Waals surface area contributed by atoms with Gasteiger partial charge in [-0.05, 0) is 12.5 Å². The number of nitrogens with zero attached hydrogens (tertiary/aromatic N) is 1. The number of hydrogen-bond donors (Lipinski definition) is 1. The van der Waals surface area contributed by atoms with Crippen molar-refractivity contribution in [1.29, 1.82) is 0 Å². The fourth-order valence-electron chi connectivity index (χ4n) is 2.40. The van der Waals surface area contributed by atoms with E-state index in [2.05, 4.69) is 11.4 Å². The molecule has 0 radical (unpaired) electrons. The summed E-state index contributed by atoms with van der Waals surface area (Å²) in [6.45, 7) is 3.48. The lowest BCUT2D eigenvalue weighted by molar-refractivity contribution is -0.129. The van der Waals surface area contributed by atoms with Crippen LogP contribution in [0.25, 0.3) is 0 Å². The van der Waals surface area contributed by atoms with Crippen LogP contribution in [-0.4, -0.2) is 49.3 Å². The molecule has 6 heteroatoms. The Morgan fingerprint density at radius 1 is 1.50 bits per heavy atom. The van der Waals surface area contributed by atoms with Crippen molar-refractivity contribution in [2.75, 3.05) is 32.6 Å². The van der Waals surface area contributed by atoms with Gasteiger partial charge in [0.1, 0.15) is 5.37 Å². The molecule has 5 nitrogen and oxygen atoms in total. The van der Waals surface area contributed by atoms with Crippen molar-refractivity contribution < 1.29 is 14.3 Å². The van der Waals surface area contributed by atoms with Gasteiger partial charge in [0.05, 0.1) is 12.4 Å². The minimum absolute atomic E-state index is 0.0131. The van der Waals surface area contributed by atoms with Crippen LogP contribution in [0.1, 0.15) is 22.9 Å². The van der Waals surface area contributed by atoms with Crippen LogP contribution in [-0.2, 0) is 14.3 Å². The van der Waals surface area contributed by atoms with E-state index < -0.39 is 0 Å². The predicted octanol–water partition coefficient (Wildman–Crippen LogP) is 1.72. The summed E-state index contributed by atoms with van der Waals surface area (Å²) in [4.78, 5) is 25.6. The molecule has 1 saturated heterocycles. The molecule has 120 valence electrons. The van der Waals surface area contributed by atoms with Crippen LogP contribution < -0.4 is 5.32 Å². The number of aryl methyl sites for hydroxylation is 1. The number of amides is 2. The zero-order valence-electron chi connectivity index (χ0n) is 13.0. The Labute approximate surface area is 135 Å². The first-order chi connectivity index (χ1) is 10.6. The van der Waals surface area contributed by atoms with Crippen molar-refractivity contribution in [3.8, 4) is 0 Å². The highest BCUT2D eigenvalue weighted by atomic mass is 32.2. The Hall–Kier alpha value is -1.53. The minimum atomic E-state index is -0.0512. The van der Waals surface area contributed by atoms with Gasteiger partial charge >= 0.3 is 0 Å². The van der Waals surface area contributed by atoms with E-state index in [0.29, 0.717) is 31.9 Å². The molecule has 1 atom stereocenters. The van der Waals surface area contributed by atoms with Gasteiger partial charge in [0.2, 0.25) is 11.8 Å². The predicted molar refractivity (Wildman–Crippen MR) is 87.6 cm³/mol. The molecule has 22 heavy (non-hydrogen) atoms. The maximum Gasteiger partial charge on any atom is 0.233 e. The number of rotatable bonds is 7. The molecule has 0 saturated carbocycles. The van der Waals surface area contributed by atoms with Gasteiger partial charge in [-0.1, -0.05) is 29.8 Å². The summed E-state index contributed by atoms with van der Waals surface area (Å²) in [7, 11) is 1.60. The van der Waals surface area contributed by atoms with Crippen LogP contribution >= 0.6 is 11.8 Å². The Balaban J connectivity index is 1.93. The van der Waals surface area contributed by atoms with Gasteiger partial charge < -0.3 is 15.0 Å². The Morgan fingerprint density at radius 2 is 2.32 bits per heavy atom. The van der Waals surface area contributed by atoms with E-state index in [0.717, 1.165) is 5.56 Å². The SMILES string of the molecule is COCCNC(=O)CCN1C(=O)CSC1c1cccc(C)c1. The average molecular weight is 322 g/mol. The second kappa shape index (κ2) is 8.19. The fourth-order valence-corrected chi connectivity index (χ4v) is 3.61. The van der Waals surface area contributed by atoms with Crippen molar-refractivity contribution in [2.45, 2.75) is 18.7 Å². The number of hydrogen-bond acceptors (Lipinski definition) is 4. The first-order valence-corrected chi connectivity index (χ1v) is 8.40. The Bertz CT molecular complexity index is 536. The maximum atomic E-state index is 12.1. The molecule has 2 amide bonds. The molecule has 1 unspecified atom stereocenters. The highest BCUT2D eigenvalue weighted by Crippen LogP contribution is 2.38. The van der Waals surface area contributed by atoms with E-state index in [4.69, 9.17) is 4.74 Å². The van der Waals surface area contributed by atoms with Crippen LogP contribution in [0, 0.1) is 6.92 Å². The van der Waals surface area contributed by atoms with E-state index >= 15 is 0 Å². The summed E-state index contributed by atoms with van der Waals surface area (Å²) >= 11 is 1.62. The molecule has 0 aromatic heterocycles. The number of nitrogens with one attached hydrogen (secondary N) is 1. The van der Waals surface area contributed by atoms with Crippen LogP contribution in [0.15, 0.2) is 24.3 Å². The smallest absolute Gasteiger partial charge is 0.233 e. The summed E-state index contributed by atoms with van der Waals surface area (Å²) in [5.74, 6) is 0.523. The highest BCUT2D eigenvalue weighted by molar-refractivity contribution is 8.00. The molecule has 2 rings (SSSR count). The van der Waals surface area contributed by atoms with Crippen LogP contribution in [0.3, 0.4) is 0 Å². The van der Waals surface area contributed by atoms with Gasteiger partial charge in [0.15, 0.2) is 0 Å². The van der Waals surface area contributed by atoms with Gasteiger partial charge in [0, 0.05) is 26.6 Å². The number of carbonyl (C=O) groups excluding carboxylic acids is 2. The third kappa shape index (κ3) is 4.48. The summed E-state index contributed by atoms with van der Waals surface area (Å²) < 4.78 is 4.89. The molecule has 1 aliphatic rings. The van der Waals surface area contributed by atoms with Gasteiger partial charge in [-0.2, -0.15) is 0 Å². The summed E-state index contributed by atoms with van der Waals surface area (Å²) in [6.07, 6.45) is 0.318. The standard InChI is InChI=1S/C16H22N2O3S/c1-12-4-3-5-13(10-12)16-18(15(20)11-22-16)8-6-14(19)17-7-9-21-2/h3-5,10,16H,6-9,11H2,1-2H3,(H,17,19). The lowest BCUT2D eigenvalue weighted by Gasteiger charge is -2.24. The Kier molecular flexibility index (Phi) is 6.27. The number of benzene rings is 1. The van der Waals surface area contributed by atoms with Crippen LogP contribution in [0.2, 0.25) is 0 Å². The summed E-state index contributed by atoms with van der Waals surface area (Å²) in [5.41, 5.74) is 2.30. The van der Waals surface area contributed by atoms with Crippen LogP contribution in [0.4, 0.5) is 0 Å². The molecule has 0 aliphatic carbocycles. The fraction of sp³-hybridized carbons (Fsp3) is 0.500. The second-order valence-electron chi connectivity index (χ2n) is 5.26. The molecule has 1 N–H and O–H groups in total. The Morgan fingerprint density at radius 3 is 3.05 bits per heavy atom. The van der Waals surface area contributed by atoms with Gasteiger partial charge in [0.25, 0.3) is 0 Å². The topological polar surface area (TPSA) is 58.6 Å². The second-order valence-corrected chi connectivity index (χ2v) is 6.33. The third-order valence-electron chi connectivity index (χ3n) is 3.50. The number of ether oxygens (including phenoxy) is 1. The van der Waals surface area contributed by atoms with Gasteiger partial charge in [-0.15, -0.1) is 11.8 Å². The van der Waals surface area contributed by atoms with Crippen molar-refractivity contribution in [1.82, 2.24) is 10.2 Å². The van der Waals surface area contributed by atoms with Crippen molar-refractivity contribution >= 4 is 23.6 Å². The lowest BCUT2D eigenvalue weighted by atomic mass is 10.1. The summed E-state index contributed by atoms with van der Waals surface area (Å²) in [5, 5.41) is 2.79. The number of thioether (sulfide) groups is 1. The largest absolute Gasteiger partial charge is 0.383 e. The van der Waals surface area contributed by atoms with Crippen molar-refractivity contribution in [3.63, 3.8) is 0 Å². The number of carbonyl (C=O) groups is 2. The zero-order chi connectivity index (χ0) is 15.9. The average Bonchev–Trinajstić information content (AvgIpc) is 2.86. The maximum absolute atomic E-state index is 12.1. The van der Waals surface area contributed by atoms with Gasteiger partial charge in [-0.3, -0.25) is 9.59 Å². The highest BCUT2D eigenvalue weighted by Gasteiger charge is 2.32.